The van der Waals surface area contributed by atoms with Crippen molar-refractivity contribution in [1.82, 2.24) is 29.9 Å². The molecule has 4 rings (SSSR count). The molecule has 9 nitrogen and oxygen atoms in total. The van der Waals surface area contributed by atoms with E-state index >= 15 is 0 Å². The number of hydrogen-bond acceptors (Lipinski definition) is 9. The summed E-state index contributed by atoms with van der Waals surface area (Å²) in [5.41, 5.74) is 1.45. The highest BCUT2D eigenvalue weighted by atomic mass is 32.2. The third-order valence-corrected chi connectivity index (χ3v) is 5.01. The van der Waals surface area contributed by atoms with Crippen LogP contribution in [0.5, 0.6) is 0 Å². The average Bonchev–Trinajstić information content (AvgIpc) is 3.44. The highest BCUT2D eigenvalue weighted by molar-refractivity contribution is 7.99. The second-order valence-corrected chi connectivity index (χ2v) is 7.22. The van der Waals surface area contributed by atoms with E-state index in [-0.39, 0.29) is 22.7 Å². The molecule has 0 atom stereocenters. The van der Waals surface area contributed by atoms with E-state index < -0.39 is 0 Å². The van der Waals surface area contributed by atoms with Gasteiger partial charge in [0.25, 0.3) is 5.22 Å². The van der Waals surface area contributed by atoms with Crippen LogP contribution in [-0.4, -0.2) is 41.6 Å². The molecule has 0 fully saturated rings. The van der Waals surface area contributed by atoms with E-state index in [1.54, 1.807) is 28.5 Å². The summed E-state index contributed by atoms with van der Waals surface area (Å²) in [6.07, 6.45) is 2.95. The average molecular weight is 417 g/mol. The molecular formula is C16H12FN7O2S2. The van der Waals surface area contributed by atoms with Crippen LogP contribution in [0.2, 0.25) is 0 Å². The molecular weight excluding hydrogens is 405 g/mol. The van der Waals surface area contributed by atoms with E-state index in [1.807, 2.05) is 0 Å². The number of rotatable bonds is 7. The zero-order chi connectivity index (χ0) is 19.3. The second kappa shape index (κ2) is 8.27. The van der Waals surface area contributed by atoms with Crippen LogP contribution in [-0.2, 0) is 11.3 Å². The fraction of sp³-hybridized carbons (Fsp3) is 0.125. The molecule has 1 aromatic carbocycles. The summed E-state index contributed by atoms with van der Waals surface area (Å²) in [7, 11) is 0. The zero-order valence-electron chi connectivity index (χ0n) is 14.1. The summed E-state index contributed by atoms with van der Waals surface area (Å²) in [4.78, 5) is 20.3. The van der Waals surface area contributed by atoms with Crippen LogP contribution in [0.15, 0.2) is 51.9 Å². The van der Waals surface area contributed by atoms with E-state index in [1.165, 1.54) is 29.8 Å². The maximum absolute atomic E-state index is 13.0. The van der Waals surface area contributed by atoms with Crippen molar-refractivity contribution < 1.29 is 13.6 Å². The smallest absolute Gasteiger partial charge is 0.277 e. The number of aromatic nitrogens is 6. The summed E-state index contributed by atoms with van der Waals surface area (Å²) in [6.45, 7) is 0.311. The molecule has 1 amide bonds. The monoisotopic (exact) mass is 417 g/mol. The number of halogens is 1. The van der Waals surface area contributed by atoms with E-state index in [0.717, 1.165) is 17.3 Å². The van der Waals surface area contributed by atoms with Crippen LogP contribution in [0.4, 0.5) is 9.52 Å². The number of thioether (sulfide) groups is 1. The van der Waals surface area contributed by atoms with Crippen LogP contribution in [0.3, 0.4) is 0 Å². The SMILES string of the molecule is O=C(CSc1nnc(Cn2cncn2)o1)Nc1nc(-c2ccc(F)cc2)cs1. The van der Waals surface area contributed by atoms with Gasteiger partial charge in [-0.05, 0) is 24.3 Å². The first-order valence-electron chi connectivity index (χ1n) is 7.94. The van der Waals surface area contributed by atoms with Crippen LogP contribution in [0.1, 0.15) is 5.89 Å². The van der Waals surface area contributed by atoms with Crippen molar-refractivity contribution in [2.45, 2.75) is 11.8 Å². The molecule has 12 heteroatoms. The molecule has 1 N–H and O–H groups in total. The molecule has 0 saturated carbocycles. The van der Waals surface area contributed by atoms with E-state index in [0.29, 0.717) is 23.3 Å². The molecule has 28 heavy (non-hydrogen) atoms. The fourth-order valence-electron chi connectivity index (χ4n) is 2.18. The normalized spacial score (nSPS) is 10.9. The third-order valence-electron chi connectivity index (χ3n) is 3.43. The van der Waals surface area contributed by atoms with Gasteiger partial charge in [0.15, 0.2) is 5.13 Å². The van der Waals surface area contributed by atoms with Crippen molar-refractivity contribution >= 4 is 34.1 Å². The number of hydrogen-bond donors (Lipinski definition) is 1. The highest BCUT2D eigenvalue weighted by Crippen LogP contribution is 2.25. The largest absolute Gasteiger partial charge is 0.414 e. The lowest BCUT2D eigenvalue weighted by Crippen LogP contribution is -2.13. The Hall–Kier alpha value is -3.12. The molecule has 0 aliphatic heterocycles. The predicted molar refractivity (Wildman–Crippen MR) is 100 cm³/mol. The van der Waals surface area contributed by atoms with Crippen molar-refractivity contribution in [2.24, 2.45) is 0 Å². The minimum atomic E-state index is -0.310. The van der Waals surface area contributed by atoms with Crippen LogP contribution < -0.4 is 5.32 Å². The topological polar surface area (TPSA) is 112 Å². The number of nitrogens with one attached hydrogen (secondary N) is 1. The summed E-state index contributed by atoms with van der Waals surface area (Å²) in [5, 5.41) is 17.0. The molecule has 0 radical (unpaired) electrons. The molecule has 0 bridgehead atoms. The number of nitrogens with zero attached hydrogens (tertiary/aromatic N) is 6. The summed E-state index contributed by atoms with van der Waals surface area (Å²) in [6, 6.07) is 6.01. The maximum Gasteiger partial charge on any atom is 0.277 e. The number of carbonyl (C=O) groups excluding carboxylic acids is 1. The first-order valence-corrected chi connectivity index (χ1v) is 9.81. The maximum atomic E-state index is 13.0. The molecule has 3 heterocycles. The van der Waals surface area contributed by atoms with E-state index in [2.05, 4.69) is 30.6 Å². The van der Waals surface area contributed by atoms with Gasteiger partial charge in [0.05, 0.1) is 11.4 Å². The van der Waals surface area contributed by atoms with Crippen molar-refractivity contribution in [2.75, 3.05) is 11.1 Å². The number of thiazole rings is 1. The van der Waals surface area contributed by atoms with Gasteiger partial charge in [0.2, 0.25) is 11.8 Å². The summed E-state index contributed by atoms with van der Waals surface area (Å²) < 4.78 is 20.0. The lowest BCUT2D eigenvalue weighted by molar-refractivity contribution is -0.113. The fourth-order valence-corrected chi connectivity index (χ4v) is 3.50. The Morgan fingerprint density at radius 1 is 1.29 bits per heavy atom. The first-order chi connectivity index (χ1) is 13.7. The molecule has 0 spiro atoms. The minimum absolute atomic E-state index is 0.0937. The number of amides is 1. The summed E-state index contributed by atoms with van der Waals surface area (Å²) >= 11 is 2.42. The molecule has 142 valence electrons. The van der Waals surface area contributed by atoms with Gasteiger partial charge in [-0.15, -0.1) is 21.5 Å². The Balaban J connectivity index is 1.29. The summed E-state index contributed by atoms with van der Waals surface area (Å²) in [5.74, 6) is -0.0931. The second-order valence-electron chi connectivity index (χ2n) is 5.44. The van der Waals surface area contributed by atoms with Gasteiger partial charge in [-0.1, -0.05) is 11.8 Å². The Labute approximate surface area is 166 Å². The number of carbonyl (C=O) groups is 1. The van der Waals surface area contributed by atoms with Gasteiger partial charge in [-0.2, -0.15) is 5.10 Å². The van der Waals surface area contributed by atoms with Gasteiger partial charge in [-0.3, -0.25) is 4.79 Å². The Bertz CT molecular complexity index is 1060. The Morgan fingerprint density at radius 2 is 2.14 bits per heavy atom. The van der Waals surface area contributed by atoms with Crippen LogP contribution in [0, 0.1) is 5.82 Å². The number of anilines is 1. The van der Waals surface area contributed by atoms with Gasteiger partial charge in [0, 0.05) is 10.9 Å². The third kappa shape index (κ3) is 4.58. The standard InChI is InChI=1S/C16H12FN7O2S2/c17-11-3-1-10(2-4-11)12-6-27-15(20-12)21-13(25)7-28-16-23-22-14(26-16)5-24-9-18-8-19-24/h1-4,6,8-9H,5,7H2,(H,20,21,25). The molecule has 0 unspecified atom stereocenters. The molecule has 0 aliphatic rings. The minimum Gasteiger partial charge on any atom is -0.414 e. The predicted octanol–water partition coefficient (Wildman–Crippen LogP) is 2.70. The van der Waals surface area contributed by atoms with Gasteiger partial charge in [-0.25, -0.2) is 19.0 Å². The lowest BCUT2D eigenvalue weighted by atomic mass is 10.2. The van der Waals surface area contributed by atoms with Crippen LogP contribution >= 0.6 is 23.1 Å². The van der Waals surface area contributed by atoms with Crippen molar-refractivity contribution in [1.29, 1.82) is 0 Å². The van der Waals surface area contributed by atoms with E-state index in [9.17, 15) is 9.18 Å². The molecule has 0 saturated heterocycles. The highest BCUT2D eigenvalue weighted by Gasteiger charge is 2.12. The molecule has 0 aliphatic carbocycles. The lowest BCUT2D eigenvalue weighted by Gasteiger charge is -1.99. The van der Waals surface area contributed by atoms with Gasteiger partial charge in [0.1, 0.15) is 25.0 Å². The number of benzene rings is 1. The Morgan fingerprint density at radius 3 is 2.93 bits per heavy atom. The first kappa shape index (κ1) is 18.3. The van der Waals surface area contributed by atoms with Crippen molar-refractivity contribution in [3.63, 3.8) is 0 Å². The molecule has 3 aromatic heterocycles. The quantitative estimate of drug-likeness (QED) is 0.457. The van der Waals surface area contributed by atoms with Crippen molar-refractivity contribution in [3.05, 3.63) is 54.0 Å². The van der Waals surface area contributed by atoms with Gasteiger partial charge < -0.3 is 9.73 Å². The molecule has 4 aromatic rings. The van der Waals surface area contributed by atoms with Crippen molar-refractivity contribution in [3.8, 4) is 11.3 Å². The Kier molecular flexibility index (Phi) is 5.39. The van der Waals surface area contributed by atoms with Crippen LogP contribution in [0.25, 0.3) is 11.3 Å². The van der Waals surface area contributed by atoms with E-state index in [4.69, 9.17) is 4.42 Å². The van der Waals surface area contributed by atoms with Gasteiger partial charge >= 0.3 is 0 Å². The zero-order valence-corrected chi connectivity index (χ0v) is 15.8.